The summed E-state index contributed by atoms with van der Waals surface area (Å²) in [7, 11) is 0. The lowest BCUT2D eigenvalue weighted by Gasteiger charge is -2.27. The van der Waals surface area contributed by atoms with Crippen molar-refractivity contribution in [1.82, 2.24) is 0 Å². The zero-order chi connectivity index (χ0) is 24.2. The van der Waals surface area contributed by atoms with Gasteiger partial charge >= 0.3 is 12.4 Å². The highest BCUT2D eigenvalue weighted by Crippen LogP contribution is 2.39. The van der Waals surface area contributed by atoms with Crippen LogP contribution in [-0.4, -0.2) is 12.7 Å². The van der Waals surface area contributed by atoms with Gasteiger partial charge in [0, 0.05) is 12.2 Å². The van der Waals surface area contributed by atoms with Crippen LogP contribution in [0.1, 0.15) is 11.1 Å². The predicted octanol–water partition coefficient (Wildman–Crippen LogP) is 7.76. The van der Waals surface area contributed by atoms with Crippen molar-refractivity contribution in [2.24, 2.45) is 0 Å². The molecule has 0 amide bonds. The molecule has 0 spiro atoms. The molecule has 0 aromatic heterocycles. The van der Waals surface area contributed by atoms with Crippen LogP contribution in [0, 0.1) is 12.4 Å². The molecular formula is C23H15F7N2O. The zero-order valence-electron chi connectivity index (χ0n) is 16.7. The van der Waals surface area contributed by atoms with E-state index in [0.717, 1.165) is 17.0 Å². The summed E-state index contributed by atoms with van der Waals surface area (Å²) in [6.45, 7) is 5.00. The van der Waals surface area contributed by atoms with E-state index in [0.29, 0.717) is 17.4 Å². The molecule has 3 aromatic carbocycles. The Bertz CT molecular complexity index is 1150. The van der Waals surface area contributed by atoms with Gasteiger partial charge in [0.15, 0.2) is 5.69 Å². The molecule has 0 heterocycles. The molecule has 0 saturated heterocycles. The summed E-state index contributed by atoms with van der Waals surface area (Å²) in [6, 6.07) is 13.5. The standard InChI is InChI=1S/C23H15F7N2O/c1-31-21-10-7-17(12-20(21)23(28,29)30)32(14-22(25,26)27)13-15-3-2-4-19(11-15)33-18-8-5-16(24)6-9-18/h2-12H,13-14H2. The summed E-state index contributed by atoms with van der Waals surface area (Å²) >= 11 is 0. The molecule has 10 heteroatoms. The minimum Gasteiger partial charge on any atom is -0.457 e. The van der Waals surface area contributed by atoms with Crippen molar-refractivity contribution in [3.8, 4) is 11.5 Å². The first-order valence-electron chi connectivity index (χ1n) is 9.37. The first-order valence-corrected chi connectivity index (χ1v) is 9.37. The average molecular weight is 468 g/mol. The second-order valence-electron chi connectivity index (χ2n) is 6.99. The van der Waals surface area contributed by atoms with Gasteiger partial charge in [-0.25, -0.2) is 9.24 Å². The number of halogens is 7. The lowest BCUT2D eigenvalue weighted by Crippen LogP contribution is -2.34. The highest BCUT2D eigenvalue weighted by molar-refractivity contribution is 5.62. The van der Waals surface area contributed by atoms with E-state index in [2.05, 4.69) is 4.85 Å². The van der Waals surface area contributed by atoms with Crippen molar-refractivity contribution >= 4 is 11.4 Å². The maximum Gasteiger partial charge on any atom is 0.407 e. The molecule has 0 radical (unpaired) electrons. The zero-order valence-corrected chi connectivity index (χ0v) is 16.7. The Hall–Kier alpha value is -3.74. The highest BCUT2D eigenvalue weighted by atomic mass is 19.4. The molecule has 0 atom stereocenters. The van der Waals surface area contributed by atoms with Crippen molar-refractivity contribution in [2.75, 3.05) is 11.4 Å². The Morgan fingerprint density at radius 1 is 0.848 bits per heavy atom. The molecule has 0 bridgehead atoms. The summed E-state index contributed by atoms with van der Waals surface area (Å²) in [4.78, 5) is 3.54. The fourth-order valence-electron chi connectivity index (χ4n) is 3.07. The quantitative estimate of drug-likeness (QED) is 0.272. The molecule has 0 aliphatic rings. The normalized spacial score (nSPS) is 11.7. The molecule has 0 saturated carbocycles. The minimum absolute atomic E-state index is 0.255. The molecule has 3 rings (SSSR count). The lowest BCUT2D eigenvalue weighted by atomic mass is 10.1. The van der Waals surface area contributed by atoms with Crippen LogP contribution >= 0.6 is 0 Å². The summed E-state index contributed by atoms with van der Waals surface area (Å²) in [5.74, 6) is 0.0806. The van der Waals surface area contributed by atoms with E-state index in [1.54, 1.807) is 0 Å². The number of rotatable bonds is 6. The number of nitrogens with zero attached hydrogens (tertiary/aromatic N) is 2. The Morgan fingerprint density at radius 2 is 1.55 bits per heavy atom. The average Bonchev–Trinajstić information content (AvgIpc) is 2.73. The van der Waals surface area contributed by atoms with Crippen molar-refractivity contribution in [2.45, 2.75) is 18.9 Å². The van der Waals surface area contributed by atoms with Crippen LogP contribution in [0.3, 0.4) is 0 Å². The topological polar surface area (TPSA) is 16.8 Å². The monoisotopic (exact) mass is 468 g/mol. The van der Waals surface area contributed by atoms with Crippen molar-refractivity contribution < 1.29 is 35.5 Å². The lowest BCUT2D eigenvalue weighted by molar-refractivity contribution is -0.136. The van der Waals surface area contributed by atoms with Gasteiger partial charge in [0.05, 0.1) is 12.1 Å². The van der Waals surface area contributed by atoms with Crippen LogP contribution in [-0.2, 0) is 12.7 Å². The highest BCUT2D eigenvalue weighted by Gasteiger charge is 2.35. The van der Waals surface area contributed by atoms with Crippen LogP contribution in [0.25, 0.3) is 4.85 Å². The predicted molar refractivity (Wildman–Crippen MR) is 108 cm³/mol. The number of anilines is 1. The molecule has 0 fully saturated rings. The van der Waals surface area contributed by atoms with Gasteiger partial charge < -0.3 is 9.64 Å². The third kappa shape index (κ3) is 6.62. The van der Waals surface area contributed by atoms with Gasteiger partial charge in [-0.05, 0) is 54.1 Å². The van der Waals surface area contributed by atoms with Gasteiger partial charge in [-0.3, -0.25) is 0 Å². The summed E-state index contributed by atoms with van der Waals surface area (Å²) < 4.78 is 98.1. The van der Waals surface area contributed by atoms with E-state index in [9.17, 15) is 30.7 Å². The summed E-state index contributed by atoms with van der Waals surface area (Å²) in [6.07, 6.45) is -9.60. The molecule has 0 N–H and O–H groups in total. The van der Waals surface area contributed by atoms with E-state index in [1.165, 1.54) is 48.5 Å². The molecule has 33 heavy (non-hydrogen) atoms. The van der Waals surface area contributed by atoms with E-state index in [-0.39, 0.29) is 18.0 Å². The molecule has 0 aliphatic heterocycles. The molecule has 3 nitrogen and oxygen atoms in total. The van der Waals surface area contributed by atoms with Crippen molar-refractivity contribution in [1.29, 1.82) is 0 Å². The fourth-order valence-corrected chi connectivity index (χ4v) is 3.07. The number of hydrogen-bond acceptors (Lipinski definition) is 2. The van der Waals surface area contributed by atoms with E-state index in [4.69, 9.17) is 11.3 Å². The van der Waals surface area contributed by atoms with Crippen LogP contribution in [0.2, 0.25) is 0 Å². The molecule has 0 unspecified atom stereocenters. The number of ether oxygens (including phenoxy) is 1. The molecule has 3 aromatic rings. The maximum atomic E-state index is 13.3. The Morgan fingerprint density at radius 3 is 2.15 bits per heavy atom. The minimum atomic E-state index is -4.90. The smallest absolute Gasteiger partial charge is 0.407 e. The summed E-state index contributed by atoms with van der Waals surface area (Å²) in [5, 5.41) is 0. The Labute approximate surface area is 184 Å². The second-order valence-corrected chi connectivity index (χ2v) is 6.99. The number of benzene rings is 3. The first kappa shape index (κ1) is 23.9. The molecule has 0 aliphatic carbocycles. The Balaban J connectivity index is 1.92. The van der Waals surface area contributed by atoms with E-state index >= 15 is 0 Å². The fraction of sp³-hybridized carbons (Fsp3) is 0.174. The number of hydrogen-bond donors (Lipinski definition) is 0. The van der Waals surface area contributed by atoms with E-state index < -0.39 is 36.0 Å². The van der Waals surface area contributed by atoms with Crippen LogP contribution in [0.15, 0.2) is 66.7 Å². The largest absolute Gasteiger partial charge is 0.457 e. The molecule has 172 valence electrons. The third-order valence-corrected chi connectivity index (χ3v) is 4.46. The molecular weight excluding hydrogens is 453 g/mol. The van der Waals surface area contributed by atoms with Crippen LogP contribution in [0.4, 0.5) is 42.1 Å². The first-order chi connectivity index (χ1) is 15.4. The van der Waals surface area contributed by atoms with Gasteiger partial charge in [-0.1, -0.05) is 18.2 Å². The second kappa shape index (κ2) is 9.40. The van der Waals surface area contributed by atoms with E-state index in [1.807, 2.05) is 0 Å². The van der Waals surface area contributed by atoms with Crippen molar-refractivity contribution in [3.05, 3.63) is 95.1 Å². The SMILES string of the molecule is [C-]#[N+]c1ccc(N(Cc2cccc(Oc3ccc(F)cc3)c2)CC(F)(F)F)cc1C(F)(F)F. The maximum absolute atomic E-state index is 13.3. The van der Waals surface area contributed by atoms with Crippen LogP contribution in [0.5, 0.6) is 11.5 Å². The summed E-state index contributed by atoms with van der Waals surface area (Å²) in [5.41, 5.74) is -2.01. The third-order valence-electron chi connectivity index (χ3n) is 4.46. The van der Waals surface area contributed by atoms with Crippen LogP contribution < -0.4 is 9.64 Å². The number of alkyl halides is 6. The van der Waals surface area contributed by atoms with Gasteiger partial charge in [0.2, 0.25) is 0 Å². The van der Waals surface area contributed by atoms with Crippen molar-refractivity contribution in [3.63, 3.8) is 0 Å². The van der Waals surface area contributed by atoms with Gasteiger partial charge in [0.1, 0.15) is 23.9 Å². The van der Waals surface area contributed by atoms with Gasteiger partial charge in [-0.2, -0.15) is 26.3 Å². The Kier molecular flexibility index (Phi) is 6.81. The van der Waals surface area contributed by atoms with Gasteiger partial charge in [0.25, 0.3) is 0 Å². The van der Waals surface area contributed by atoms with Gasteiger partial charge in [-0.15, -0.1) is 0 Å².